The minimum Gasteiger partial charge on any atom is -0.398 e. The molecule has 1 aromatic heterocycles. The van der Waals surface area contributed by atoms with Crippen LogP contribution in [0.3, 0.4) is 0 Å². The largest absolute Gasteiger partial charge is 0.398 e. The lowest BCUT2D eigenvalue weighted by Crippen LogP contribution is -2.02. The first-order chi connectivity index (χ1) is 8.15. The third kappa shape index (κ3) is 2.93. The molecule has 3 nitrogen and oxygen atoms in total. The Balaban J connectivity index is 2.02. The summed E-state index contributed by atoms with van der Waals surface area (Å²) in [5, 5.41) is 3.13. The number of nitrogens with one attached hydrogen (secondary N) is 1. The highest BCUT2D eigenvalue weighted by Crippen LogP contribution is 2.14. The van der Waals surface area contributed by atoms with Gasteiger partial charge in [0.2, 0.25) is 0 Å². The number of hydrogen-bond donors (Lipinski definition) is 2. The average molecular weight is 231 g/mol. The van der Waals surface area contributed by atoms with E-state index in [-0.39, 0.29) is 5.82 Å². The van der Waals surface area contributed by atoms with Gasteiger partial charge < -0.3 is 11.1 Å². The van der Waals surface area contributed by atoms with Gasteiger partial charge in [-0.05, 0) is 30.2 Å². The first-order valence-corrected chi connectivity index (χ1v) is 5.35. The van der Waals surface area contributed by atoms with E-state index in [1.54, 1.807) is 24.4 Å². The van der Waals surface area contributed by atoms with Crippen LogP contribution in [0.25, 0.3) is 0 Å². The molecule has 1 heterocycles. The summed E-state index contributed by atoms with van der Waals surface area (Å²) >= 11 is 0. The molecule has 0 unspecified atom stereocenters. The molecule has 0 saturated heterocycles. The van der Waals surface area contributed by atoms with E-state index < -0.39 is 0 Å². The fourth-order valence-electron chi connectivity index (χ4n) is 1.43. The van der Waals surface area contributed by atoms with Gasteiger partial charge in [-0.1, -0.05) is 12.1 Å². The second-order valence-corrected chi connectivity index (χ2v) is 3.91. The Kier molecular flexibility index (Phi) is 3.23. The van der Waals surface area contributed by atoms with Crippen LogP contribution in [0.5, 0.6) is 0 Å². The van der Waals surface area contributed by atoms with Gasteiger partial charge in [0.15, 0.2) is 0 Å². The van der Waals surface area contributed by atoms with Crippen LogP contribution in [0.4, 0.5) is 15.9 Å². The lowest BCUT2D eigenvalue weighted by atomic mass is 10.2. The van der Waals surface area contributed by atoms with Crippen molar-refractivity contribution in [3.05, 3.63) is 53.5 Å². The number of anilines is 2. The van der Waals surface area contributed by atoms with Crippen molar-refractivity contribution in [3.8, 4) is 0 Å². The Bertz CT molecular complexity index is 509. The van der Waals surface area contributed by atoms with Crippen LogP contribution in [-0.4, -0.2) is 4.98 Å². The SMILES string of the molecule is Cc1cnc(NCc2ccc(F)cc2)cc1N. The average Bonchev–Trinajstić information content (AvgIpc) is 2.33. The number of nitrogen functional groups attached to an aromatic ring is 1. The van der Waals surface area contributed by atoms with E-state index in [0.29, 0.717) is 12.2 Å². The predicted molar refractivity (Wildman–Crippen MR) is 67.1 cm³/mol. The first kappa shape index (κ1) is 11.4. The Labute approximate surface area is 99.5 Å². The molecule has 0 aliphatic rings. The molecule has 0 aliphatic carbocycles. The van der Waals surface area contributed by atoms with Crippen LogP contribution < -0.4 is 11.1 Å². The van der Waals surface area contributed by atoms with E-state index in [0.717, 1.165) is 16.9 Å². The normalized spacial score (nSPS) is 10.2. The summed E-state index contributed by atoms with van der Waals surface area (Å²) in [5.41, 5.74) is 8.44. The van der Waals surface area contributed by atoms with Gasteiger partial charge in [0.1, 0.15) is 11.6 Å². The second kappa shape index (κ2) is 4.82. The quantitative estimate of drug-likeness (QED) is 0.854. The molecule has 17 heavy (non-hydrogen) atoms. The van der Waals surface area contributed by atoms with Gasteiger partial charge >= 0.3 is 0 Å². The van der Waals surface area contributed by atoms with Gasteiger partial charge in [-0.15, -0.1) is 0 Å². The summed E-state index contributed by atoms with van der Waals surface area (Å²) < 4.78 is 12.7. The van der Waals surface area contributed by atoms with E-state index >= 15 is 0 Å². The van der Waals surface area contributed by atoms with Gasteiger partial charge in [-0.2, -0.15) is 0 Å². The van der Waals surface area contributed by atoms with Crippen molar-refractivity contribution < 1.29 is 4.39 Å². The van der Waals surface area contributed by atoms with Gasteiger partial charge in [0.05, 0.1) is 0 Å². The topological polar surface area (TPSA) is 50.9 Å². The van der Waals surface area contributed by atoms with E-state index in [1.807, 2.05) is 6.92 Å². The lowest BCUT2D eigenvalue weighted by molar-refractivity contribution is 0.627. The molecule has 0 spiro atoms. The van der Waals surface area contributed by atoms with Crippen molar-refractivity contribution in [1.29, 1.82) is 0 Å². The maximum absolute atomic E-state index is 12.7. The minimum absolute atomic E-state index is 0.230. The van der Waals surface area contributed by atoms with Crippen molar-refractivity contribution in [3.63, 3.8) is 0 Å². The molecule has 0 radical (unpaired) electrons. The van der Waals surface area contributed by atoms with Crippen LogP contribution >= 0.6 is 0 Å². The summed E-state index contributed by atoms with van der Waals surface area (Å²) in [4.78, 5) is 4.21. The summed E-state index contributed by atoms with van der Waals surface area (Å²) in [5.74, 6) is 0.490. The molecule has 2 rings (SSSR count). The van der Waals surface area contributed by atoms with Crippen molar-refractivity contribution in [2.45, 2.75) is 13.5 Å². The molecule has 0 aliphatic heterocycles. The fourth-order valence-corrected chi connectivity index (χ4v) is 1.43. The van der Waals surface area contributed by atoms with Crippen molar-refractivity contribution in [2.24, 2.45) is 0 Å². The van der Waals surface area contributed by atoms with Gasteiger partial charge in [-0.25, -0.2) is 9.37 Å². The summed E-state index contributed by atoms with van der Waals surface area (Å²) in [6.07, 6.45) is 1.72. The molecule has 0 fully saturated rings. The monoisotopic (exact) mass is 231 g/mol. The Morgan fingerprint density at radius 1 is 1.29 bits per heavy atom. The molecule has 0 atom stereocenters. The minimum atomic E-state index is -0.230. The fraction of sp³-hybridized carbons (Fsp3) is 0.154. The number of aryl methyl sites for hydroxylation is 1. The zero-order valence-electron chi connectivity index (χ0n) is 9.57. The zero-order chi connectivity index (χ0) is 12.3. The smallest absolute Gasteiger partial charge is 0.128 e. The number of rotatable bonds is 3. The number of nitrogens with zero attached hydrogens (tertiary/aromatic N) is 1. The van der Waals surface area contributed by atoms with Crippen LogP contribution in [0.2, 0.25) is 0 Å². The maximum atomic E-state index is 12.7. The highest BCUT2D eigenvalue weighted by atomic mass is 19.1. The van der Waals surface area contributed by atoms with E-state index in [9.17, 15) is 4.39 Å². The molecule has 0 amide bonds. The van der Waals surface area contributed by atoms with Crippen molar-refractivity contribution >= 4 is 11.5 Å². The molecular formula is C13H14FN3. The second-order valence-electron chi connectivity index (χ2n) is 3.91. The number of hydrogen-bond acceptors (Lipinski definition) is 3. The maximum Gasteiger partial charge on any atom is 0.128 e. The number of halogens is 1. The molecular weight excluding hydrogens is 217 g/mol. The molecule has 88 valence electrons. The Hall–Kier alpha value is -2.10. The van der Waals surface area contributed by atoms with Gasteiger partial charge in [0, 0.05) is 24.5 Å². The third-order valence-electron chi connectivity index (χ3n) is 2.53. The molecule has 3 N–H and O–H groups in total. The third-order valence-corrected chi connectivity index (χ3v) is 2.53. The van der Waals surface area contributed by atoms with E-state index in [2.05, 4.69) is 10.3 Å². The van der Waals surface area contributed by atoms with Crippen LogP contribution in [-0.2, 0) is 6.54 Å². The van der Waals surface area contributed by atoms with E-state index in [4.69, 9.17) is 5.73 Å². The number of nitrogens with two attached hydrogens (primary N) is 1. The molecule has 4 heteroatoms. The van der Waals surface area contributed by atoms with Crippen LogP contribution in [0.1, 0.15) is 11.1 Å². The number of pyridine rings is 1. The number of benzene rings is 1. The van der Waals surface area contributed by atoms with E-state index in [1.165, 1.54) is 12.1 Å². The van der Waals surface area contributed by atoms with Gasteiger partial charge in [-0.3, -0.25) is 0 Å². The van der Waals surface area contributed by atoms with Crippen molar-refractivity contribution in [2.75, 3.05) is 11.1 Å². The summed E-state index contributed by atoms with van der Waals surface area (Å²) in [6, 6.07) is 8.14. The highest BCUT2D eigenvalue weighted by Gasteiger charge is 1.99. The Morgan fingerprint density at radius 3 is 2.65 bits per heavy atom. The molecule has 1 aromatic carbocycles. The van der Waals surface area contributed by atoms with Crippen molar-refractivity contribution in [1.82, 2.24) is 4.98 Å². The Morgan fingerprint density at radius 2 is 2.00 bits per heavy atom. The summed E-state index contributed by atoms with van der Waals surface area (Å²) in [7, 11) is 0. The van der Waals surface area contributed by atoms with Crippen LogP contribution in [0, 0.1) is 12.7 Å². The predicted octanol–water partition coefficient (Wildman–Crippen LogP) is 2.72. The molecule has 0 saturated carbocycles. The standard InChI is InChI=1S/C13H14FN3/c1-9-7-16-13(6-12(9)15)17-8-10-2-4-11(14)5-3-10/h2-7H,8H2,1H3,(H3,15,16,17). The number of aromatic nitrogens is 1. The first-order valence-electron chi connectivity index (χ1n) is 5.35. The summed E-state index contributed by atoms with van der Waals surface area (Å²) in [6.45, 7) is 2.50. The molecule has 0 bridgehead atoms. The van der Waals surface area contributed by atoms with Crippen LogP contribution in [0.15, 0.2) is 36.5 Å². The highest BCUT2D eigenvalue weighted by molar-refractivity contribution is 5.53. The zero-order valence-corrected chi connectivity index (χ0v) is 9.57. The lowest BCUT2D eigenvalue weighted by Gasteiger charge is -2.07. The molecule has 2 aromatic rings. The van der Waals surface area contributed by atoms with Gasteiger partial charge in [0.25, 0.3) is 0 Å².